The third kappa shape index (κ3) is 4.00. The lowest BCUT2D eigenvalue weighted by atomic mass is 9.87. The summed E-state index contributed by atoms with van der Waals surface area (Å²) in [6.07, 6.45) is 3.51. The molecule has 0 aliphatic carbocycles. The number of aryl methyl sites for hydroxylation is 1. The zero-order valence-electron chi connectivity index (χ0n) is 18.6. The zero-order chi connectivity index (χ0) is 25.0. The molecule has 184 valence electrons. The third-order valence-corrected chi connectivity index (χ3v) is 6.53. The highest BCUT2D eigenvalue weighted by Crippen LogP contribution is 2.36. The molecular formula is C22H21F4N7O2. The first kappa shape index (κ1) is 22.9. The molecule has 0 atom stereocenters. The van der Waals surface area contributed by atoms with E-state index in [1.807, 2.05) is 17.1 Å². The van der Waals surface area contributed by atoms with E-state index in [1.165, 1.54) is 18.1 Å². The lowest BCUT2D eigenvalue weighted by Gasteiger charge is -2.44. The first-order chi connectivity index (χ1) is 16.6. The number of nitrogens with one attached hydrogen (secondary N) is 2. The molecule has 2 N–H and O–H groups in total. The van der Waals surface area contributed by atoms with Gasteiger partial charge in [0.1, 0.15) is 17.0 Å². The molecule has 3 aromatic heterocycles. The maximum atomic E-state index is 13.9. The number of rotatable bonds is 2. The molecule has 0 saturated carbocycles. The number of fused-ring (bicyclic) bond motifs is 1. The predicted octanol–water partition coefficient (Wildman–Crippen LogP) is 3.26. The number of halogens is 4. The highest BCUT2D eigenvalue weighted by Gasteiger charge is 2.43. The highest BCUT2D eigenvalue weighted by molar-refractivity contribution is 5.90. The normalized spacial score (nSPS) is 17.5. The summed E-state index contributed by atoms with van der Waals surface area (Å²) >= 11 is 0. The number of alkyl halides is 3. The van der Waals surface area contributed by atoms with E-state index in [9.17, 15) is 27.2 Å². The summed E-state index contributed by atoms with van der Waals surface area (Å²) in [7, 11) is 1.20. The second-order valence-electron chi connectivity index (χ2n) is 8.65. The molecule has 1 spiro atoms. The standard InChI is InChI=1S/C22H21F4N7O2/c1-31-12-13(22(24,25)26)9-15(19(31)34)29-20(35)33-6-2-3-21(33)4-7-32(8-5-21)16-11-28-18-17(30-16)14(23)10-27-18/h2-3,9-12H,4-8H2,1H3,(H,27,28)(H,29,35). The van der Waals surface area contributed by atoms with Crippen molar-refractivity contribution in [3.63, 3.8) is 0 Å². The molecule has 2 aliphatic heterocycles. The number of hydrogen-bond donors (Lipinski definition) is 2. The first-order valence-electron chi connectivity index (χ1n) is 10.9. The molecule has 13 heteroatoms. The fraction of sp³-hybridized carbons (Fsp3) is 0.364. The molecule has 0 bridgehead atoms. The first-order valence-corrected chi connectivity index (χ1v) is 10.9. The lowest BCUT2D eigenvalue weighted by Crippen LogP contribution is -2.55. The molecule has 1 saturated heterocycles. The van der Waals surface area contributed by atoms with Crippen molar-refractivity contribution < 1.29 is 22.4 Å². The van der Waals surface area contributed by atoms with Crippen LogP contribution in [0.1, 0.15) is 18.4 Å². The Labute approximate surface area is 196 Å². The summed E-state index contributed by atoms with van der Waals surface area (Å²) in [4.78, 5) is 40.1. The Morgan fingerprint density at radius 1 is 1.26 bits per heavy atom. The Hall–Kier alpha value is -3.90. The van der Waals surface area contributed by atoms with E-state index in [2.05, 4.69) is 20.3 Å². The van der Waals surface area contributed by atoms with Crippen LogP contribution in [0, 0.1) is 5.82 Å². The Morgan fingerprint density at radius 3 is 2.71 bits per heavy atom. The van der Waals surface area contributed by atoms with E-state index in [4.69, 9.17) is 0 Å². The van der Waals surface area contributed by atoms with Crippen LogP contribution in [-0.2, 0) is 13.2 Å². The maximum Gasteiger partial charge on any atom is 0.417 e. The Kier molecular flexibility index (Phi) is 5.29. The Morgan fingerprint density at radius 2 is 2.00 bits per heavy atom. The van der Waals surface area contributed by atoms with Crippen LogP contribution in [0.15, 0.2) is 41.6 Å². The second-order valence-corrected chi connectivity index (χ2v) is 8.65. The van der Waals surface area contributed by atoms with Crippen molar-refractivity contribution in [2.75, 3.05) is 29.9 Å². The van der Waals surface area contributed by atoms with Crippen molar-refractivity contribution in [2.24, 2.45) is 7.05 Å². The van der Waals surface area contributed by atoms with Gasteiger partial charge in [-0.3, -0.25) is 4.79 Å². The molecule has 2 amide bonds. The second kappa shape index (κ2) is 8.10. The number of H-pyrrole nitrogens is 1. The molecule has 35 heavy (non-hydrogen) atoms. The molecular weight excluding hydrogens is 470 g/mol. The number of anilines is 2. The number of amides is 2. The van der Waals surface area contributed by atoms with Crippen LogP contribution in [0.4, 0.5) is 33.9 Å². The van der Waals surface area contributed by atoms with Crippen LogP contribution < -0.4 is 15.8 Å². The van der Waals surface area contributed by atoms with Crippen LogP contribution in [0.5, 0.6) is 0 Å². The van der Waals surface area contributed by atoms with Gasteiger partial charge >= 0.3 is 12.2 Å². The lowest BCUT2D eigenvalue weighted by molar-refractivity contribution is -0.138. The van der Waals surface area contributed by atoms with Gasteiger partial charge < -0.3 is 24.7 Å². The SMILES string of the molecule is Cn1cc(C(F)(F)F)cc(NC(=O)N2CC=CC23CCN(c2cnc4[nH]cc(F)c4n2)CC3)c1=O. The van der Waals surface area contributed by atoms with Gasteiger partial charge in [0.05, 0.1) is 17.3 Å². The minimum absolute atomic E-state index is 0.146. The van der Waals surface area contributed by atoms with Gasteiger partial charge in [0.25, 0.3) is 5.56 Å². The molecule has 3 aromatic rings. The van der Waals surface area contributed by atoms with Gasteiger partial charge in [-0.05, 0) is 18.9 Å². The molecule has 1 fully saturated rings. The number of piperidine rings is 1. The minimum Gasteiger partial charge on any atom is -0.355 e. The van der Waals surface area contributed by atoms with E-state index in [-0.39, 0.29) is 12.1 Å². The summed E-state index contributed by atoms with van der Waals surface area (Å²) in [6.45, 7) is 1.24. The predicted molar refractivity (Wildman–Crippen MR) is 120 cm³/mol. The Bertz CT molecular complexity index is 1390. The van der Waals surface area contributed by atoms with E-state index in [1.54, 1.807) is 6.20 Å². The number of carbonyl (C=O) groups is 1. The topological polar surface area (TPSA) is 99.2 Å². The summed E-state index contributed by atoms with van der Waals surface area (Å²) in [5, 5.41) is 2.38. The molecule has 5 heterocycles. The van der Waals surface area contributed by atoms with Crippen molar-refractivity contribution in [1.29, 1.82) is 0 Å². The number of hydrogen-bond acceptors (Lipinski definition) is 5. The van der Waals surface area contributed by atoms with Gasteiger partial charge in [0.15, 0.2) is 11.5 Å². The molecule has 9 nitrogen and oxygen atoms in total. The number of carbonyl (C=O) groups excluding carboxylic acids is 1. The number of aromatic nitrogens is 4. The monoisotopic (exact) mass is 491 g/mol. The average molecular weight is 491 g/mol. The maximum absolute atomic E-state index is 13.9. The molecule has 0 unspecified atom stereocenters. The van der Waals surface area contributed by atoms with Gasteiger partial charge in [-0.1, -0.05) is 12.2 Å². The van der Waals surface area contributed by atoms with Gasteiger partial charge in [-0.25, -0.2) is 19.2 Å². The van der Waals surface area contributed by atoms with Gasteiger partial charge in [-0.15, -0.1) is 0 Å². The molecule has 0 radical (unpaired) electrons. The van der Waals surface area contributed by atoms with Crippen LogP contribution in [0.25, 0.3) is 11.2 Å². The van der Waals surface area contributed by atoms with Gasteiger partial charge in [-0.2, -0.15) is 13.2 Å². The van der Waals surface area contributed by atoms with Crippen molar-refractivity contribution in [3.8, 4) is 0 Å². The summed E-state index contributed by atoms with van der Waals surface area (Å²) in [5.74, 6) is 0.0152. The van der Waals surface area contributed by atoms with E-state index >= 15 is 0 Å². The number of pyridine rings is 1. The van der Waals surface area contributed by atoms with E-state index in [0.29, 0.717) is 49.7 Å². The minimum atomic E-state index is -4.66. The highest BCUT2D eigenvalue weighted by atomic mass is 19.4. The van der Waals surface area contributed by atoms with Crippen molar-refractivity contribution in [3.05, 3.63) is 58.5 Å². The smallest absolute Gasteiger partial charge is 0.355 e. The summed E-state index contributed by atoms with van der Waals surface area (Å²) in [6, 6.07) is -0.0102. The average Bonchev–Trinajstić information content (AvgIpc) is 3.40. The van der Waals surface area contributed by atoms with E-state index in [0.717, 1.165) is 4.57 Å². The summed E-state index contributed by atoms with van der Waals surface area (Å²) in [5.41, 5.74) is -2.38. The molecule has 0 aromatic carbocycles. The van der Waals surface area contributed by atoms with Crippen molar-refractivity contribution >= 4 is 28.7 Å². The molecule has 5 rings (SSSR count). The number of nitrogens with zero attached hydrogens (tertiary/aromatic N) is 5. The van der Waals surface area contributed by atoms with Crippen LogP contribution in [0.3, 0.4) is 0 Å². The van der Waals surface area contributed by atoms with Gasteiger partial charge in [0.2, 0.25) is 0 Å². The van der Waals surface area contributed by atoms with Crippen LogP contribution >= 0.6 is 0 Å². The fourth-order valence-electron chi connectivity index (χ4n) is 4.64. The van der Waals surface area contributed by atoms with Crippen molar-refractivity contribution in [2.45, 2.75) is 24.6 Å². The van der Waals surface area contributed by atoms with Crippen LogP contribution in [0.2, 0.25) is 0 Å². The fourth-order valence-corrected chi connectivity index (χ4v) is 4.64. The summed E-state index contributed by atoms with van der Waals surface area (Å²) < 4.78 is 54.2. The largest absolute Gasteiger partial charge is 0.417 e. The third-order valence-electron chi connectivity index (χ3n) is 6.53. The van der Waals surface area contributed by atoms with Crippen molar-refractivity contribution in [1.82, 2.24) is 24.4 Å². The van der Waals surface area contributed by atoms with Gasteiger partial charge in [0, 0.05) is 39.1 Å². The van der Waals surface area contributed by atoms with E-state index < -0.39 is 40.4 Å². The zero-order valence-corrected chi connectivity index (χ0v) is 18.6. The van der Waals surface area contributed by atoms with Crippen LogP contribution in [-0.4, -0.2) is 55.6 Å². The Balaban J connectivity index is 1.33. The number of aromatic amines is 1. The quantitative estimate of drug-likeness (QED) is 0.424. The number of urea groups is 1. The molecule has 2 aliphatic rings.